The molecule has 0 fully saturated rings. The van der Waals surface area contributed by atoms with Gasteiger partial charge in [0.15, 0.2) is 4.77 Å². The van der Waals surface area contributed by atoms with E-state index in [9.17, 15) is 4.79 Å². The van der Waals surface area contributed by atoms with Crippen molar-refractivity contribution >= 4 is 29.2 Å². The highest BCUT2D eigenvalue weighted by atomic mass is 32.1. The van der Waals surface area contributed by atoms with Crippen LogP contribution in [-0.4, -0.2) is 22.1 Å². The Hall–Kier alpha value is -1.62. The van der Waals surface area contributed by atoms with Crippen LogP contribution >= 0.6 is 12.2 Å². The molecule has 5 heteroatoms. The van der Waals surface area contributed by atoms with Crippen molar-refractivity contribution < 1.29 is 9.53 Å². The Morgan fingerprint density at radius 1 is 1.56 bits per heavy atom. The quantitative estimate of drug-likeness (QED) is 0.684. The maximum Gasteiger partial charge on any atom is 0.328 e. The van der Waals surface area contributed by atoms with Gasteiger partial charge in [0.25, 0.3) is 0 Å². The summed E-state index contributed by atoms with van der Waals surface area (Å²) in [5, 5.41) is 0. The summed E-state index contributed by atoms with van der Waals surface area (Å²) in [5.74, 6) is -0.268. The van der Waals surface area contributed by atoms with Crippen LogP contribution in [0.5, 0.6) is 0 Å². The molecule has 1 aromatic carbocycles. The van der Waals surface area contributed by atoms with Gasteiger partial charge in [-0.2, -0.15) is 0 Å². The number of aromatic amines is 1. The van der Waals surface area contributed by atoms with Gasteiger partial charge < -0.3 is 14.3 Å². The number of benzene rings is 1. The molecule has 0 bridgehead atoms. The molecule has 96 valence electrons. The first-order valence-corrected chi connectivity index (χ1v) is 6.33. The molecule has 1 aromatic heterocycles. The van der Waals surface area contributed by atoms with Crippen molar-refractivity contribution in [2.75, 3.05) is 6.61 Å². The number of esters is 1. The molecule has 1 heterocycles. The summed E-state index contributed by atoms with van der Waals surface area (Å²) in [6, 6.07) is 5.56. The van der Waals surface area contributed by atoms with Crippen molar-refractivity contribution in [2.24, 2.45) is 0 Å². The fraction of sp³-hybridized carbons (Fsp3) is 0.385. The third-order valence-electron chi connectivity index (χ3n) is 2.89. The Balaban J connectivity index is 2.54. The van der Waals surface area contributed by atoms with E-state index in [1.54, 1.807) is 18.4 Å². The Labute approximate surface area is 111 Å². The highest BCUT2D eigenvalue weighted by molar-refractivity contribution is 7.71. The van der Waals surface area contributed by atoms with Crippen LogP contribution in [0.15, 0.2) is 18.2 Å². The number of aromatic nitrogens is 2. The normalized spacial score (nSPS) is 12.6. The Bertz CT molecular complexity index is 642. The molecule has 2 aromatic rings. The molecule has 0 saturated heterocycles. The predicted molar refractivity (Wildman–Crippen MR) is 73.2 cm³/mol. The third-order valence-corrected chi connectivity index (χ3v) is 3.19. The van der Waals surface area contributed by atoms with Gasteiger partial charge in [-0.15, -0.1) is 0 Å². The number of fused-ring (bicyclic) bond motifs is 1. The summed E-state index contributed by atoms with van der Waals surface area (Å²) in [4.78, 5) is 14.9. The topological polar surface area (TPSA) is 47.0 Å². The van der Waals surface area contributed by atoms with Crippen molar-refractivity contribution in [2.45, 2.75) is 26.8 Å². The minimum absolute atomic E-state index is 0.268. The number of carbonyl (C=O) groups excluding carboxylic acids is 1. The van der Waals surface area contributed by atoms with E-state index in [0.29, 0.717) is 11.4 Å². The van der Waals surface area contributed by atoms with Gasteiger partial charge in [-0.3, -0.25) is 0 Å². The first kappa shape index (κ1) is 12.8. The Morgan fingerprint density at radius 2 is 2.28 bits per heavy atom. The minimum Gasteiger partial charge on any atom is -0.464 e. The van der Waals surface area contributed by atoms with E-state index in [1.807, 2.05) is 25.1 Å². The Morgan fingerprint density at radius 3 is 2.94 bits per heavy atom. The Kier molecular flexibility index (Phi) is 3.52. The number of hydrogen-bond donors (Lipinski definition) is 1. The summed E-state index contributed by atoms with van der Waals surface area (Å²) < 4.78 is 7.37. The molecule has 0 aliphatic rings. The van der Waals surface area contributed by atoms with Crippen molar-refractivity contribution in [1.82, 2.24) is 9.55 Å². The summed E-state index contributed by atoms with van der Waals surface area (Å²) in [5.41, 5.74) is 3.01. The summed E-state index contributed by atoms with van der Waals surface area (Å²) in [7, 11) is 0. The number of imidazole rings is 1. The molecule has 18 heavy (non-hydrogen) atoms. The maximum atomic E-state index is 11.8. The van der Waals surface area contributed by atoms with Crippen molar-refractivity contribution in [3.05, 3.63) is 28.5 Å². The fourth-order valence-corrected chi connectivity index (χ4v) is 2.36. The number of nitrogens with one attached hydrogen (secondary N) is 1. The second-order valence-corrected chi connectivity index (χ2v) is 4.64. The maximum absolute atomic E-state index is 11.8. The van der Waals surface area contributed by atoms with Gasteiger partial charge >= 0.3 is 5.97 Å². The number of H-pyrrole nitrogens is 1. The van der Waals surface area contributed by atoms with Gasteiger partial charge in [0, 0.05) is 0 Å². The SMILES string of the molecule is CCOC(=O)C(C)n1c(=S)[nH]c2cc(C)ccc21. The lowest BCUT2D eigenvalue weighted by atomic mass is 10.2. The van der Waals surface area contributed by atoms with E-state index in [-0.39, 0.29) is 5.97 Å². The molecule has 1 unspecified atom stereocenters. The molecule has 2 rings (SSSR count). The molecule has 0 radical (unpaired) electrons. The van der Waals surface area contributed by atoms with E-state index in [0.717, 1.165) is 16.6 Å². The van der Waals surface area contributed by atoms with Crippen LogP contribution in [-0.2, 0) is 9.53 Å². The van der Waals surface area contributed by atoms with Crippen molar-refractivity contribution in [3.8, 4) is 0 Å². The lowest BCUT2D eigenvalue weighted by Crippen LogP contribution is -2.19. The minimum atomic E-state index is -0.422. The zero-order valence-electron chi connectivity index (χ0n) is 10.7. The number of ether oxygens (including phenoxy) is 1. The van der Waals surface area contributed by atoms with Crippen LogP contribution < -0.4 is 0 Å². The molecule has 1 N–H and O–H groups in total. The second-order valence-electron chi connectivity index (χ2n) is 4.25. The number of hydrogen-bond acceptors (Lipinski definition) is 3. The van der Waals surface area contributed by atoms with Crippen LogP contribution in [0.2, 0.25) is 0 Å². The number of nitrogens with zero attached hydrogens (tertiary/aromatic N) is 1. The van der Waals surface area contributed by atoms with Crippen LogP contribution in [0.4, 0.5) is 0 Å². The molecule has 0 aliphatic heterocycles. The second kappa shape index (κ2) is 4.94. The van der Waals surface area contributed by atoms with E-state index in [1.165, 1.54) is 0 Å². The molecule has 0 spiro atoms. The number of carbonyl (C=O) groups is 1. The standard InChI is InChI=1S/C13H16N2O2S/c1-4-17-12(16)9(3)15-11-6-5-8(2)7-10(11)14-13(15)18/h5-7,9H,4H2,1-3H3,(H,14,18). The highest BCUT2D eigenvalue weighted by Gasteiger charge is 2.19. The molecular weight excluding hydrogens is 248 g/mol. The van der Waals surface area contributed by atoms with Gasteiger partial charge in [0.2, 0.25) is 0 Å². The summed E-state index contributed by atoms with van der Waals surface area (Å²) >= 11 is 5.28. The summed E-state index contributed by atoms with van der Waals surface area (Å²) in [6.45, 7) is 5.98. The van der Waals surface area contributed by atoms with Gasteiger partial charge in [-0.1, -0.05) is 6.07 Å². The van der Waals surface area contributed by atoms with Crippen LogP contribution in [0.25, 0.3) is 11.0 Å². The van der Waals surface area contributed by atoms with Gasteiger partial charge in [0.1, 0.15) is 6.04 Å². The van der Waals surface area contributed by atoms with Crippen LogP contribution in [0.1, 0.15) is 25.5 Å². The fourth-order valence-electron chi connectivity index (χ4n) is 2.00. The highest BCUT2D eigenvalue weighted by Crippen LogP contribution is 2.21. The van der Waals surface area contributed by atoms with Crippen LogP contribution in [0, 0.1) is 11.7 Å². The lowest BCUT2D eigenvalue weighted by molar-refractivity contribution is -0.146. The molecule has 0 saturated carbocycles. The largest absolute Gasteiger partial charge is 0.464 e. The molecule has 1 atom stereocenters. The molecule has 4 nitrogen and oxygen atoms in total. The van der Waals surface area contributed by atoms with Crippen molar-refractivity contribution in [3.63, 3.8) is 0 Å². The van der Waals surface area contributed by atoms with E-state index in [2.05, 4.69) is 4.98 Å². The monoisotopic (exact) mass is 264 g/mol. The molecule has 0 amide bonds. The van der Waals surface area contributed by atoms with E-state index < -0.39 is 6.04 Å². The zero-order valence-corrected chi connectivity index (χ0v) is 11.5. The average Bonchev–Trinajstić information content (AvgIpc) is 2.63. The lowest BCUT2D eigenvalue weighted by Gasteiger charge is -2.13. The summed E-state index contributed by atoms with van der Waals surface area (Å²) in [6.07, 6.45) is 0. The van der Waals surface area contributed by atoms with Gasteiger partial charge in [-0.05, 0) is 50.7 Å². The molecular formula is C13H16N2O2S. The predicted octanol–water partition coefficient (Wildman–Crippen LogP) is 3.13. The van der Waals surface area contributed by atoms with E-state index in [4.69, 9.17) is 17.0 Å². The first-order valence-electron chi connectivity index (χ1n) is 5.92. The van der Waals surface area contributed by atoms with Gasteiger partial charge in [0.05, 0.1) is 17.6 Å². The number of rotatable bonds is 3. The zero-order chi connectivity index (χ0) is 13.3. The third kappa shape index (κ3) is 2.18. The van der Waals surface area contributed by atoms with Crippen LogP contribution in [0.3, 0.4) is 0 Å². The molecule has 0 aliphatic carbocycles. The first-order chi connectivity index (χ1) is 8.54. The van der Waals surface area contributed by atoms with E-state index >= 15 is 0 Å². The van der Waals surface area contributed by atoms with Gasteiger partial charge in [-0.25, -0.2) is 4.79 Å². The average molecular weight is 264 g/mol. The number of aryl methyl sites for hydroxylation is 1. The van der Waals surface area contributed by atoms with Crippen molar-refractivity contribution in [1.29, 1.82) is 0 Å². The smallest absolute Gasteiger partial charge is 0.328 e.